The first-order valence-corrected chi connectivity index (χ1v) is 18.9. The van der Waals surface area contributed by atoms with Gasteiger partial charge in [0.05, 0.1) is 11.2 Å². The number of hydrogen-bond donors (Lipinski definition) is 0. The molecular formula is C45H53BO2. The van der Waals surface area contributed by atoms with E-state index in [-0.39, 0.29) is 34.6 Å². The van der Waals surface area contributed by atoms with Crippen molar-refractivity contribution in [1.29, 1.82) is 0 Å². The monoisotopic (exact) mass is 636 g/mol. The lowest BCUT2D eigenvalue weighted by atomic mass is 9.63. The largest absolute Gasteiger partial charge is 0.494 e. The molecule has 3 aliphatic carbocycles. The molecule has 0 aromatic heterocycles. The zero-order chi connectivity index (χ0) is 34.0. The molecule has 0 N–H and O–H groups in total. The Morgan fingerprint density at radius 1 is 0.458 bits per heavy atom. The van der Waals surface area contributed by atoms with Crippen LogP contribution in [0.3, 0.4) is 0 Å². The molecule has 0 spiro atoms. The van der Waals surface area contributed by atoms with E-state index in [4.69, 9.17) is 9.31 Å². The molecule has 1 aliphatic heterocycles. The molecule has 248 valence electrons. The van der Waals surface area contributed by atoms with Gasteiger partial charge in [-0.2, -0.15) is 0 Å². The average Bonchev–Trinajstić information content (AvgIpc) is 3.74. The number of benzene rings is 4. The highest BCUT2D eigenvalue weighted by atomic mass is 16.7. The Bertz CT molecular complexity index is 1950. The molecule has 0 amide bonds. The number of rotatable bonds is 7. The normalized spacial score (nSPS) is 20.6. The SMILES string of the molecule is CCC1(CC)c2ccccc2-c2c3c(c4c(c21)-c1ccc(B2OC(C)(C)C(C)(C)O2)cc1C4(CC)CC)C(CC)(CC)c1ccccc1-3. The van der Waals surface area contributed by atoms with Crippen molar-refractivity contribution in [2.45, 2.75) is 135 Å². The zero-order valence-electron chi connectivity index (χ0n) is 31.0. The summed E-state index contributed by atoms with van der Waals surface area (Å²) in [4.78, 5) is 0. The van der Waals surface area contributed by atoms with E-state index in [0.717, 1.165) is 44.0 Å². The van der Waals surface area contributed by atoms with Crippen molar-refractivity contribution in [3.05, 3.63) is 100 Å². The molecule has 4 aromatic rings. The fourth-order valence-corrected chi connectivity index (χ4v) is 10.9. The van der Waals surface area contributed by atoms with Gasteiger partial charge in [0.25, 0.3) is 0 Å². The van der Waals surface area contributed by atoms with Crippen molar-refractivity contribution in [2.75, 3.05) is 0 Å². The third-order valence-corrected chi connectivity index (χ3v) is 14.3. The molecular weight excluding hydrogens is 583 g/mol. The summed E-state index contributed by atoms with van der Waals surface area (Å²) in [5.74, 6) is 0. The van der Waals surface area contributed by atoms with Crippen LogP contribution in [0.25, 0.3) is 33.4 Å². The molecule has 3 heteroatoms. The van der Waals surface area contributed by atoms with Crippen molar-refractivity contribution in [3.8, 4) is 33.4 Å². The van der Waals surface area contributed by atoms with E-state index < -0.39 is 0 Å². The molecule has 1 fully saturated rings. The van der Waals surface area contributed by atoms with E-state index in [1.807, 2.05) is 0 Å². The highest BCUT2D eigenvalue weighted by Crippen LogP contribution is 2.70. The van der Waals surface area contributed by atoms with Gasteiger partial charge in [-0.25, -0.2) is 0 Å². The van der Waals surface area contributed by atoms with Gasteiger partial charge in [0, 0.05) is 16.2 Å². The fraction of sp³-hybridized carbons (Fsp3) is 0.467. The first-order chi connectivity index (χ1) is 23.0. The number of hydrogen-bond acceptors (Lipinski definition) is 2. The predicted molar refractivity (Wildman–Crippen MR) is 203 cm³/mol. The summed E-state index contributed by atoms with van der Waals surface area (Å²) in [5.41, 5.74) is 18.5. The van der Waals surface area contributed by atoms with Crippen LogP contribution in [-0.2, 0) is 25.6 Å². The van der Waals surface area contributed by atoms with Crippen LogP contribution in [0.15, 0.2) is 66.7 Å². The third-order valence-electron chi connectivity index (χ3n) is 14.3. The van der Waals surface area contributed by atoms with Crippen LogP contribution < -0.4 is 5.46 Å². The minimum Gasteiger partial charge on any atom is -0.399 e. The third kappa shape index (κ3) is 3.58. The number of fused-ring (bicyclic) bond motifs is 12. The minimum absolute atomic E-state index is 0.0319. The maximum atomic E-state index is 6.67. The van der Waals surface area contributed by atoms with Crippen molar-refractivity contribution in [3.63, 3.8) is 0 Å². The zero-order valence-corrected chi connectivity index (χ0v) is 31.0. The standard InChI is InChI=1S/C45H53BO2/c1-11-43(12-2)32-23-19-17-21-29(32)35-36-30-22-18-20-24-33(30)44(13-3,14-4)39(36)40-37(38(35)43)31-26-25-28(27-34(31)45(40,15-5)16-6)46-47-41(7,8)42(9,10)48-46/h17-27H,11-16H2,1-10H3. The Labute approximate surface area is 289 Å². The molecule has 0 saturated carbocycles. The quantitative estimate of drug-likeness (QED) is 0.188. The Kier molecular flexibility index (Phi) is 6.98. The molecule has 1 saturated heterocycles. The average molecular weight is 637 g/mol. The lowest BCUT2D eigenvalue weighted by Crippen LogP contribution is -2.41. The topological polar surface area (TPSA) is 18.5 Å². The van der Waals surface area contributed by atoms with E-state index in [1.54, 1.807) is 22.3 Å². The van der Waals surface area contributed by atoms with Crippen LogP contribution in [0.2, 0.25) is 0 Å². The Balaban J connectivity index is 1.54. The van der Waals surface area contributed by atoms with Gasteiger partial charge >= 0.3 is 7.12 Å². The second-order valence-corrected chi connectivity index (χ2v) is 16.1. The summed E-state index contributed by atoms with van der Waals surface area (Å²) >= 11 is 0. The molecule has 48 heavy (non-hydrogen) atoms. The van der Waals surface area contributed by atoms with E-state index in [1.165, 1.54) is 44.5 Å². The van der Waals surface area contributed by atoms with Crippen LogP contribution >= 0.6 is 0 Å². The second kappa shape index (κ2) is 10.4. The summed E-state index contributed by atoms with van der Waals surface area (Å²) < 4.78 is 13.3. The van der Waals surface area contributed by atoms with Crippen LogP contribution in [0, 0.1) is 0 Å². The van der Waals surface area contributed by atoms with Gasteiger partial charge in [0.1, 0.15) is 0 Å². The lowest BCUT2D eigenvalue weighted by Gasteiger charge is -2.39. The van der Waals surface area contributed by atoms with E-state index >= 15 is 0 Å². The Hall–Kier alpha value is -3.14. The Morgan fingerprint density at radius 2 is 0.854 bits per heavy atom. The molecule has 0 radical (unpaired) electrons. The maximum absolute atomic E-state index is 6.67. The van der Waals surface area contributed by atoms with Crippen LogP contribution in [0.5, 0.6) is 0 Å². The summed E-state index contributed by atoms with van der Waals surface area (Å²) in [6, 6.07) is 26.1. The van der Waals surface area contributed by atoms with Crippen LogP contribution in [0.1, 0.15) is 141 Å². The Morgan fingerprint density at radius 3 is 1.35 bits per heavy atom. The van der Waals surface area contributed by atoms with Crippen molar-refractivity contribution >= 4 is 12.6 Å². The van der Waals surface area contributed by atoms with Gasteiger partial charge in [0.2, 0.25) is 0 Å². The molecule has 0 atom stereocenters. The first kappa shape index (κ1) is 32.1. The van der Waals surface area contributed by atoms with Gasteiger partial charge in [-0.3, -0.25) is 0 Å². The fourth-order valence-electron chi connectivity index (χ4n) is 10.9. The smallest absolute Gasteiger partial charge is 0.399 e. The highest BCUT2D eigenvalue weighted by Gasteiger charge is 2.57. The summed E-state index contributed by atoms with van der Waals surface area (Å²) in [5, 5.41) is 0. The molecule has 8 rings (SSSR count). The molecule has 1 heterocycles. The van der Waals surface area contributed by atoms with E-state index in [9.17, 15) is 0 Å². The van der Waals surface area contributed by atoms with E-state index in [2.05, 4.69) is 136 Å². The maximum Gasteiger partial charge on any atom is 0.494 e. The van der Waals surface area contributed by atoms with Gasteiger partial charge in [-0.05, 0) is 138 Å². The highest BCUT2D eigenvalue weighted by molar-refractivity contribution is 6.62. The molecule has 4 aromatic carbocycles. The van der Waals surface area contributed by atoms with Crippen molar-refractivity contribution in [1.82, 2.24) is 0 Å². The van der Waals surface area contributed by atoms with Crippen molar-refractivity contribution in [2.24, 2.45) is 0 Å². The molecule has 0 bridgehead atoms. The van der Waals surface area contributed by atoms with Crippen LogP contribution in [-0.4, -0.2) is 18.3 Å². The summed E-state index contributed by atoms with van der Waals surface area (Å²) in [6.07, 6.45) is 6.46. The van der Waals surface area contributed by atoms with Crippen LogP contribution in [0.4, 0.5) is 0 Å². The molecule has 4 aliphatic rings. The van der Waals surface area contributed by atoms with Crippen molar-refractivity contribution < 1.29 is 9.31 Å². The summed E-state index contributed by atoms with van der Waals surface area (Å²) in [7, 11) is -0.379. The lowest BCUT2D eigenvalue weighted by molar-refractivity contribution is 0.00578. The first-order valence-electron chi connectivity index (χ1n) is 18.9. The predicted octanol–water partition coefficient (Wildman–Crippen LogP) is 11.2. The molecule has 0 unspecified atom stereocenters. The molecule has 2 nitrogen and oxygen atoms in total. The van der Waals surface area contributed by atoms with Gasteiger partial charge in [-0.15, -0.1) is 0 Å². The van der Waals surface area contributed by atoms with E-state index in [0.29, 0.717) is 0 Å². The van der Waals surface area contributed by atoms with Gasteiger partial charge in [0.15, 0.2) is 0 Å². The van der Waals surface area contributed by atoms with Gasteiger partial charge < -0.3 is 9.31 Å². The second-order valence-electron chi connectivity index (χ2n) is 16.1. The van der Waals surface area contributed by atoms with Gasteiger partial charge in [-0.1, -0.05) is 108 Å². The summed E-state index contributed by atoms with van der Waals surface area (Å²) in [6.45, 7) is 23.2. The minimum atomic E-state index is -0.380.